The maximum Gasteiger partial charge on any atom is 0.328 e. The number of amides is 4. The number of unbranched alkanes of at least 4 members (excludes halogenated alkanes) is 1. The molecule has 0 aromatic heterocycles. The molecule has 14 nitrogen and oxygen atoms in total. The van der Waals surface area contributed by atoms with Crippen LogP contribution < -0.4 is 32.7 Å². The number of carbonyl (C=O) groups is 5. The lowest BCUT2D eigenvalue weighted by Crippen LogP contribution is -2.61. The largest absolute Gasteiger partial charge is 0.480 e. The number of nitrogens with one attached hydrogen (secondary N) is 4. The zero-order valence-corrected chi connectivity index (χ0v) is 22.9. The Morgan fingerprint density at radius 2 is 1.29 bits per heavy atom. The molecule has 0 radical (unpaired) electrons. The minimum Gasteiger partial charge on any atom is -0.480 e. The van der Waals surface area contributed by atoms with Gasteiger partial charge in [0.2, 0.25) is 23.6 Å². The lowest BCUT2D eigenvalue weighted by atomic mass is 9.99. The van der Waals surface area contributed by atoms with Gasteiger partial charge in [0.05, 0.1) is 18.8 Å². The van der Waals surface area contributed by atoms with Gasteiger partial charge in [0.1, 0.15) is 24.2 Å². The average molecular weight is 547 g/mol. The summed E-state index contributed by atoms with van der Waals surface area (Å²) in [5.41, 5.74) is 11.4. The molecule has 0 heterocycles. The second kappa shape index (κ2) is 17.7. The standard InChI is InChI=1S/C24H46N6O8/c1-12(2)10-16(27-20(33)15(26)8-6-7-9-25)21(34)29-18(13(3)4)22(35)30-19(14(5)32)23(36)28-17(11-31)24(37)38/h12-19,31-32H,6-11,25-26H2,1-5H3,(H,27,33)(H,28,36)(H,29,34)(H,30,35)(H,37,38)/t14-,15+,16+,17+,18+,19+/m1/s1. The highest BCUT2D eigenvalue weighted by Gasteiger charge is 2.34. The fourth-order valence-electron chi connectivity index (χ4n) is 3.51. The van der Waals surface area contributed by atoms with E-state index in [9.17, 15) is 29.1 Å². The highest BCUT2D eigenvalue weighted by atomic mass is 16.4. The normalized spacial score (nSPS) is 16.1. The number of aliphatic carboxylic acids is 1. The predicted octanol–water partition coefficient (Wildman–Crippen LogP) is -2.46. The molecule has 0 unspecified atom stereocenters. The van der Waals surface area contributed by atoms with E-state index in [0.717, 1.165) is 0 Å². The van der Waals surface area contributed by atoms with Gasteiger partial charge >= 0.3 is 5.97 Å². The van der Waals surface area contributed by atoms with Crippen LogP contribution >= 0.6 is 0 Å². The summed E-state index contributed by atoms with van der Waals surface area (Å²) in [6.45, 7) is 7.82. The third-order valence-electron chi connectivity index (χ3n) is 5.75. The van der Waals surface area contributed by atoms with Crippen LogP contribution in [0.3, 0.4) is 0 Å². The third-order valence-corrected chi connectivity index (χ3v) is 5.75. The molecule has 0 fully saturated rings. The van der Waals surface area contributed by atoms with E-state index >= 15 is 0 Å². The molecule has 0 saturated carbocycles. The molecule has 0 aliphatic rings. The maximum absolute atomic E-state index is 13.1. The lowest BCUT2D eigenvalue weighted by Gasteiger charge is -2.29. The molecule has 11 N–H and O–H groups in total. The number of aliphatic hydroxyl groups is 2. The van der Waals surface area contributed by atoms with Gasteiger partial charge in [0.25, 0.3) is 0 Å². The van der Waals surface area contributed by atoms with Crippen molar-refractivity contribution in [1.29, 1.82) is 0 Å². The second-order valence-corrected chi connectivity index (χ2v) is 10.1. The zero-order chi connectivity index (χ0) is 29.6. The van der Waals surface area contributed by atoms with Crippen molar-refractivity contribution >= 4 is 29.6 Å². The first-order valence-corrected chi connectivity index (χ1v) is 12.8. The Hall–Kier alpha value is -2.81. The first-order valence-electron chi connectivity index (χ1n) is 12.8. The van der Waals surface area contributed by atoms with E-state index in [1.165, 1.54) is 6.92 Å². The molecule has 220 valence electrons. The fourth-order valence-corrected chi connectivity index (χ4v) is 3.51. The molecule has 0 aliphatic carbocycles. The number of rotatable bonds is 18. The van der Waals surface area contributed by atoms with Crippen LogP contribution in [-0.2, 0) is 24.0 Å². The van der Waals surface area contributed by atoms with Crippen LogP contribution in [0, 0.1) is 11.8 Å². The summed E-state index contributed by atoms with van der Waals surface area (Å²) in [6, 6.07) is -6.16. The van der Waals surface area contributed by atoms with Crippen LogP contribution in [0.5, 0.6) is 0 Å². The summed E-state index contributed by atoms with van der Waals surface area (Å²) in [7, 11) is 0. The molecule has 38 heavy (non-hydrogen) atoms. The van der Waals surface area contributed by atoms with Crippen LogP contribution in [0.4, 0.5) is 0 Å². The number of carboxylic acid groups (broad SMARTS) is 1. The third kappa shape index (κ3) is 12.6. The second-order valence-electron chi connectivity index (χ2n) is 10.1. The number of nitrogens with two attached hydrogens (primary N) is 2. The first kappa shape index (κ1) is 35.2. The monoisotopic (exact) mass is 546 g/mol. The summed E-state index contributed by atoms with van der Waals surface area (Å²) in [5, 5.41) is 37.8. The summed E-state index contributed by atoms with van der Waals surface area (Å²) >= 11 is 0. The van der Waals surface area contributed by atoms with Crippen LogP contribution in [0.1, 0.15) is 60.3 Å². The van der Waals surface area contributed by atoms with Gasteiger partial charge in [-0.25, -0.2) is 4.79 Å². The van der Waals surface area contributed by atoms with Crippen LogP contribution in [0.25, 0.3) is 0 Å². The van der Waals surface area contributed by atoms with Crippen LogP contribution in [0.15, 0.2) is 0 Å². The minimum atomic E-state index is -1.64. The van der Waals surface area contributed by atoms with E-state index in [4.69, 9.17) is 21.7 Å². The van der Waals surface area contributed by atoms with Crippen molar-refractivity contribution in [3.63, 3.8) is 0 Å². The topological polar surface area (TPSA) is 246 Å². The Labute approximate surface area is 223 Å². The van der Waals surface area contributed by atoms with Gasteiger partial charge in [-0.3, -0.25) is 19.2 Å². The minimum absolute atomic E-state index is 0.0165. The van der Waals surface area contributed by atoms with Gasteiger partial charge in [-0.1, -0.05) is 34.1 Å². The van der Waals surface area contributed by atoms with E-state index < -0.39 is 78.4 Å². The number of carbonyl (C=O) groups excluding carboxylic acids is 4. The first-order chi connectivity index (χ1) is 17.7. The van der Waals surface area contributed by atoms with Crippen molar-refractivity contribution in [3.05, 3.63) is 0 Å². The smallest absolute Gasteiger partial charge is 0.328 e. The van der Waals surface area contributed by atoms with Gasteiger partial charge in [-0.05, 0) is 44.6 Å². The lowest BCUT2D eigenvalue weighted by molar-refractivity contribution is -0.144. The molecule has 0 aromatic carbocycles. The average Bonchev–Trinajstić information content (AvgIpc) is 2.82. The Balaban J connectivity index is 5.57. The van der Waals surface area contributed by atoms with E-state index in [-0.39, 0.29) is 12.3 Å². The van der Waals surface area contributed by atoms with E-state index in [2.05, 4.69) is 16.0 Å². The molecular formula is C24H46N6O8. The highest BCUT2D eigenvalue weighted by Crippen LogP contribution is 2.10. The van der Waals surface area contributed by atoms with Crippen molar-refractivity contribution < 1.29 is 39.3 Å². The quantitative estimate of drug-likeness (QED) is 0.0820. The Morgan fingerprint density at radius 3 is 1.74 bits per heavy atom. The van der Waals surface area contributed by atoms with E-state index in [1.54, 1.807) is 13.8 Å². The Morgan fingerprint density at radius 1 is 0.763 bits per heavy atom. The SMILES string of the molecule is CC(C)C[C@H](NC(=O)[C@@H](N)CCCCN)C(=O)N[C@H](C(=O)N[C@H](C(=O)N[C@@H](CO)C(=O)O)[C@@H](C)O)C(C)C. The molecule has 4 amide bonds. The highest BCUT2D eigenvalue weighted by molar-refractivity contribution is 5.95. The molecule has 0 aliphatic heterocycles. The molecule has 0 rings (SSSR count). The van der Waals surface area contributed by atoms with Crippen molar-refractivity contribution in [3.8, 4) is 0 Å². The van der Waals surface area contributed by atoms with Crippen LogP contribution in [0.2, 0.25) is 0 Å². The van der Waals surface area contributed by atoms with Gasteiger partial charge in [0.15, 0.2) is 0 Å². The Kier molecular flexibility index (Phi) is 16.3. The summed E-state index contributed by atoms with van der Waals surface area (Å²) in [5.74, 6) is -4.91. The molecule has 6 atom stereocenters. The fraction of sp³-hybridized carbons (Fsp3) is 0.792. The number of hydrogen-bond donors (Lipinski definition) is 9. The van der Waals surface area contributed by atoms with Crippen LogP contribution in [-0.4, -0.2) is 94.4 Å². The van der Waals surface area contributed by atoms with Gasteiger partial charge in [0, 0.05) is 0 Å². The van der Waals surface area contributed by atoms with E-state index in [0.29, 0.717) is 25.8 Å². The number of aliphatic hydroxyl groups excluding tert-OH is 2. The van der Waals surface area contributed by atoms with Crippen molar-refractivity contribution in [2.24, 2.45) is 23.3 Å². The van der Waals surface area contributed by atoms with Crippen molar-refractivity contribution in [1.82, 2.24) is 21.3 Å². The molecule has 0 saturated heterocycles. The Bertz CT molecular complexity index is 792. The summed E-state index contributed by atoms with van der Waals surface area (Å²) in [4.78, 5) is 62.4. The molecule has 0 bridgehead atoms. The summed E-state index contributed by atoms with van der Waals surface area (Å²) < 4.78 is 0. The van der Waals surface area contributed by atoms with Crippen molar-refractivity contribution in [2.45, 2.75) is 96.6 Å². The molecule has 14 heteroatoms. The van der Waals surface area contributed by atoms with Gasteiger partial charge < -0.3 is 48.1 Å². The number of carboxylic acids is 1. The van der Waals surface area contributed by atoms with Gasteiger partial charge in [-0.2, -0.15) is 0 Å². The van der Waals surface area contributed by atoms with Crippen molar-refractivity contribution in [2.75, 3.05) is 13.2 Å². The van der Waals surface area contributed by atoms with E-state index in [1.807, 2.05) is 19.2 Å². The molecule has 0 spiro atoms. The zero-order valence-electron chi connectivity index (χ0n) is 22.9. The molecular weight excluding hydrogens is 500 g/mol. The summed E-state index contributed by atoms with van der Waals surface area (Å²) in [6.07, 6.45) is 0.619. The molecule has 0 aromatic rings. The number of hydrogen-bond acceptors (Lipinski definition) is 9. The van der Waals surface area contributed by atoms with Gasteiger partial charge in [-0.15, -0.1) is 0 Å². The maximum atomic E-state index is 13.1. The predicted molar refractivity (Wildman–Crippen MR) is 139 cm³/mol.